The van der Waals surface area contributed by atoms with Crippen LogP contribution in [-0.2, 0) is 20.9 Å². The molecule has 2 atom stereocenters. The second-order valence-electron chi connectivity index (χ2n) is 7.82. The number of aromatic nitrogens is 4. The Morgan fingerprint density at radius 3 is 2.68 bits per heavy atom. The van der Waals surface area contributed by atoms with Gasteiger partial charge in [0.15, 0.2) is 29.8 Å². The Labute approximate surface area is 215 Å². The summed E-state index contributed by atoms with van der Waals surface area (Å²) in [6.07, 6.45) is 3.38. The lowest BCUT2D eigenvalue weighted by Crippen LogP contribution is -2.71. The number of oxime groups is 1. The van der Waals surface area contributed by atoms with Crippen LogP contribution < -0.4 is 26.5 Å². The van der Waals surface area contributed by atoms with Gasteiger partial charge in [-0.1, -0.05) is 10.3 Å². The van der Waals surface area contributed by atoms with Crippen molar-refractivity contribution in [2.75, 3.05) is 17.2 Å². The van der Waals surface area contributed by atoms with Crippen molar-refractivity contribution in [3.63, 3.8) is 0 Å². The molecule has 0 unspecified atom stereocenters. The number of carboxylic acids is 1. The number of fused-ring (bicyclic) bond motifs is 1. The number of thioether (sulfide) groups is 1. The molecule has 0 bridgehead atoms. The minimum Gasteiger partial charge on any atom is -0.543 e. The molecule has 0 spiro atoms. The molecule has 190 valence electrons. The van der Waals surface area contributed by atoms with Gasteiger partial charge in [0.05, 0.1) is 17.2 Å². The van der Waals surface area contributed by atoms with Gasteiger partial charge < -0.3 is 36.3 Å². The number of nitrogen functional groups attached to an aromatic ring is 2. The summed E-state index contributed by atoms with van der Waals surface area (Å²) in [5.74, 6) is -2.49. The highest BCUT2D eigenvalue weighted by Gasteiger charge is 2.53. The molecule has 3 aromatic rings. The number of amides is 2. The second-order valence-corrected chi connectivity index (χ2v) is 9.82. The standard InChI is InChI=1S/C20H17N9O6S2/c21-19-26-25-15(35-19)8-1-3-28(4-2-8)5-9-6-36-17-12(16(31)29(17)13(9)18(32)33)24-14(30)11(27-34)10-7-37-20(22)23-10/h1-4,7,12,17,21H,5-6H2,(H5,22,23,24,30,32,33,34)/t12-,17-/m1/s1. The minimum absolute atomic E-state index is 0.0469. The molecule has 37 heavy (non-hydrogen) atoms. The SMILES string of the molecule is Nc1nnc(-c2cc[n+](CC3=C(C(=O)[O-])N4C(=O)[C@@H](NC(=O)/C(=N\O)c5csc(N)n5)[C@H]4SC3)cc2)o1. The molecular weight excluding hydrogens is 526 g/mol. The van der Waals surface area contributed by atoms with Crippen LogP contribution in [0, 0.1) is 0 Å². The molecule has 17 heteroatoms. The molecular formula is C20H17N9O6S2. The average Bonchev–Trinajstić information content (AvgIpc) is 3.51. The maximum Gasteiger partial charge on any atom is 0.313 e. The lowest BCUT2D eigenvalue weighted by Gasteiger charge is -2.50. The first-order valence-electron chi connectivity index (χ1n) is 10.5. The van der Waals surface area contributed by atoms with Gasteiger partial charge in [-0.05, 0) is 0 Å². The van der Waals surface area contributed by atoms with Crippen LogP contribution in [0.3, 0.4) is 0 Å². The summed E-state index contributed by atoms with van der Waals surface area (Å²) in [6, 6.07) is 2.30. The van der Waals surface area contributed by atoms with E-state index in [1.807, 2.05) is 0 Å². The topological polar surface area (TPSA) is 230 Å². The number of hydrogen-bond acceptors (Lipinski definition) is 14. The normalized spacial score (nSPS) is 19.4. The number of carbonyl (C=O) groups excluding carboxylic acids is 3. The predicted molar refractivity (Wildman–Crippen MR) is 126 cm³/mol. The molecule has 2 amide bonds. The van der Waals surface area contributed by atoms with Crippen molar-refractivity contribution < 1.29 is 33.7 Å². The van der Waals surface area contributed by atoms with E-state index < -0.39 is 34.9 Å². The molecule has 5 rings (SSSR count). The van der Waals surface area contributed by atoms with Crippen LogP contribution in [0.5, 0.6) is 0 Å². The lowest BCUT2D eigenvalue weighted by atomic mass is 10.0. The average molecular weight is 544 g/mol. The van der Waals surface area contributed by atoms with Gasteiger partial charge >= 0.3 is 6.01 Å². The molecule has 2 aliphatic rings. The van der Waals surface area contributed by atoms with Gasteiger partial charge in [0.25, 0.3) is 11.8 Å². The van der Waals surface area contributed by atoms with Crippen LogP contribution in [-0.4, -0.2) is 66.0 Å². The molecule has 6 N–H and O–H groups in total. The van der Waals surface area contributed by atoms with E-state index in [1.165, 1.54) is 17.1 Å². The third-order valence-corrected chi connectivity index (χ3v) is 7.57. The molecule has 3 aromatic heterocycles. The number of thiazole rings is 1. The number of nitrogens with one attached hydrogen (secondary N) is 1. The molecule has 0 saturated carbocycles. The van der Waals surface area contributed by atoms with Crippen LogP contribution in [0.2, 0.25) is 0 Å². The van der Waals surface area contributed by atoms with E-state index in [0.717, 1.165) is 16.2 Å². The molecule has 0 radical (unpaired) electrons. The first-order chi connectivity index (χ1) is 17.8. The number of carbonyl (C=O) groups is 3. The molecule has 0 aromatic carbocycles. The van der Waals surface area contributed by atoms with Gasteiger partial charge in [-0.25, -0.2) is 9.55 Å². The van der Waals surface area contributed by atoms with Crippen molar-refractivity contribution in [3.8, 4) is 11.5 Å². The zero-order chi connectivity index (χ0) is 26.3. The van der Waals surface area contributed by atoms with Gasteiger partial charge in [-0.15, -0.1) is 28.2 Å². The fourth-order valence-electron chi connectivity index (χ4n) is 3.89. The number of nitrogens with two attached hydrogens (primary N) is 2. The fraction of sp³-hybridized carbons (Fsp3) is 0.200. The van der Waals surface area contributed by atoms with Crippen molar-refractivity contribution in [1.29, 1.82) is 0 Å². The lowest BCUT2D eigenvalue weighted by molar-refractivity contribution is -0.689. The summed E-state index contributed by atoms with van der Waals surface area (Å²) in [6.45, 7) is 0.169. The minimum atomic E-state index is -1.51. The van der Waals surface area contributed by atoms with Crippen LogP contribution in [0.4, 0.5) is 11.1 Å². The molecule has 15 nitrogen and oxygen atoms in total. The molecule has 2 aliphatic heterocycles. The van der Waals surface area contributed by atoms with Crippen molar-refractivity contribution in [2.24, 2.45) is 5.16 Å². The van der Waals surface area contributed by atoms with E-state index in [0.29, 0.717) is 11.1 Å². The highest BCUT2D eigenvalue weighted by molar-refractivity contribution is 8.00. The van der Waals surface area contributed by atoms with Gasteiger partial charge in [0.2, 0.25) is 5.89 Å². The molecule has 1 fully saturated rings. The summed E-state index contributed by atoms with van der Waals surface area (Å²) >= 11 is 2.33. The summed E-state index contributed by atoms with van der Waals surface area (Å²) in [5.41, 5.74) is 11.5. The number of rotatable bonds is 7. The number of nitrogens with zero attached hydrogens (tertiary/aromatic N) is 6. The maximum atomic E-state index is 12.9. The molecule has 0 aliphatic carbocycles. The Bertz CT molecular complexity index is 1460. The first kappa shape index (κ1) is 24.2. The quantitative estimate of drug-likeness (QED) is 0.0827. The van der Waals surface area contributed by atoms with Crippen molar-refractivity contribution in [3.05, 3.63) is 46.9 Å². The van der Waals surface area contributed by atoms with Crippen LogP contribution in [0.1, 0.15) is 5.69 Å². The highest BCUT2D eigenvalue weighted by Crippen LogP contribution is 2.40. The maximum absolute atomic E-state index is 12.9. The Balaban J connectivity index is 1.31. The van der Waals surface area contributed by atoms with Crippen LogP contribution >= 0.6 is 23.1 Å². The third kappa shape index (κ3) is 4.45. The van der Waals surface area contributed by atoms with Gasteiger partial charge in [0, 0.05) is 28.8 Å². The largest absolute Gasteiger partial charge is 0.543 e. The van der Waals surface area contributed by atoms with Crippen molar-refractivity contribution >= 4 is 57.7 Å². The highest BCUT2D eigenvalue weighted by atomic mass is 32.2. The Kier molecular flexibility index (Phi) is 6.22. The number of pyridine rings is 1. The number of β-lactam (4-membered cyclic amide) rings is 1. The van der Waals surface area contributed by atoms with Gasteiger partial charge in [-0.3, -0.25) is 14.5 Å². The van der Waals surface area contributed by atoms with Crippen LogP contribution in [0.15, 0.2) is 50.7 Å². The van der Waals surface area contributed by atoms with Crippen molar-refractivity contribution in [2.45, 2.75) is 18.0 Å². The summed E-state index contributed by atoms with van der Waals surface area (Å²) in [5, 5.41) is 35.1. The Morgan fingerprint density at radius 2 is 2.08 bits per heavy atom. The third-order valence-electron chi connectivity index (χ3n) is 5.56. The second kappa shape index (κ2) is 9.51. The fourth-order valence-corrected chi connectivity index (χ4v) is 5.77. The number of aliphatic carboxylic acids is 1. The Hall–Kier alpha value is -4.51. The van der Waals surface area contributed by atoms with Gasteiger partial charge in [-0.2, -0.15) is 0 Å². The monoisotopic (exact) mass is 543 g/mol. The van der Waals surface area contributed by atoms with Crippen molar-refractivity contribution in [1.82, 2.24) is 25.4 Å². The molecule has 1 saturated heterocycles. The van der Waals surface area contributed by atoms with E-state index in [9.17, 15) is 24.7 Å². The van der Waals surface area contributed by atoms with E-state index in [2.05, 4.69) is 25.7 Å². The molecule has 5 heterocycles. The zero-order valence-corrected chi connectivity index (χ0v) is 20.2. The van der Waals surface area contributed by atoms with Gasteiger partial charge in [0.1, 0.15) is 17.1 Å². The summed E-state index contributed by atoms with van der Waals surface area (Å²) < 4.78 is 6.90. The Morgan fingerprint density at radius 1 is 1.32 bits per heavy atom. The predicted octanol–water partition coefficient (Wildman–Crippen LogP) is -2.07. The smallest absolute Gasteiger partial charge is 0.313 e. The van der Waals surface area contributed by atoms with Crippen LogP contribution in [0.25, 0.3) is 11.5 Å². The number of hydrogen-bond donors (Lipinski definition) is 4. The zero-order valence-electron chi connectivity index (χ0n) is 18.6. The van der Waals surface area contributed by atoms with E-state index in [1.54, 1.807) is 29.1 Å². The number of carboxylic acid groups (broad SMARTS) is 1. The summed E-state index contributed by atoms with van der Waals surface area (Å²) in [4.78, 5) is 42.5. The summed E-state index contributed by atoms with van der Waals surface area (Å²) in [7, 11) is 0. The van der Waals surface area contributed by atoms with E-state index >= 15 is 0 Å². The first-order valence-corrected chi connectivity index (χ1v) is 12.4. The van der Waals surface area contributed by atoms with E-state index in [4.69, 9.17) is 15.9 Å². The van der Waals surface area contributed by atoms with E-state index in [-0.39, 0.29) is 40.7 Å². The number of anilines is 2.